The fourth-order valence-corrected chi connectivity index (χ4v) is 4.55. The number of carbonyl (C=O) groups excluding carboxylic acids is 3. The number of benzene rings is 1. The fraction of sp³-hybridized carbons (Fsp3) is 0.591. The number of halogens is 2. The van der Waals surface area contributed by atoms with E-state index in [-0.39, 0.29) is 24.1 Å². The first-order valence-corrected chi connectivity index (χ1v) is 11.1. The van der Waals surface area contributed by atoms with Crippen LogP contribution in [0.1, 0.15) is 50.5 Å². The molecule has 1 aromatic rings. The average Bonchev–Trinajstić information content (AvgIpc) is 3.60. The zero-order valence-electron chi connectivity index (χ0n) is 18.4. The normalized spacial score (nSPS) is 19.8. The molecule has 180 valence electrons. The number of methoxy groups -OCH3 is 1. The molecule has 4 amide bonds. The first-order valence-electron chi connectivity index (χ1n) is 11.1. The van der Waals surface area contributed by atoms with E-state index >= 15 is 0 Å². The van der Waals surface area contributed by atoms with Gasteiger partial charge in [-0.3, -0.25) is 19.9 Å². The molecule has 1 saturated heterocycles. The monoisotopic (exact) mass is 466 g/mol. The minimum Gasteiger partial charge on any atom is -0.493 e. The summed E-state index contributed by atoms with van der Waals surface area (Å²) >= 11 is 0. The van der Waals surface area contributed by atoms with Crippen LogP contribution >= 0.6 is 0 Å². The molecule has 2 saturated carbocycles. The molecule has 1 aliphatic heterocycles. The Morgan fingerprint density at radius 2 is 1.97 bits per heavy atom. The van der Waals surface area contributed by atoms with E-state index in [1.54, 1.807) is 12.1 Å². The van der Waals surface area contributed by atoms with Gasteiger partial charge in [0.25, 0.3) is 11.8 Å². The molecule has 11 heteroatoms. The average molecular weight is 466 g/mol. The van der Waals surface area contributed by atoms with Crippen molar-refractivity contribution in [3.63, 3.8) is 0 Å². The van der Waals surface area contributed by atoms with Crippen molar-refractivity contribution in [1.29, 1.82) is 0 Å². The maximum absolute atomic E-state index is 12.9. The van der Waals surface area contributed by atoms with Gasteiger partial charge >= 0.3 is 12.6 Å². The second-order valence-corrected chi connectivity index (χ2v) is 8.75. The smallest absolute Gasteiger partial charge is 0.387 e. The first-order chi connectivity index (χ1) is 15.8. The topological polar surface area (TPSA) is 100 Å². The molecule has 0 unspecified atom stereocenters. The van der Waals surface area contributed by atoms with Crippen LogP contribution in [0.3, 0.4) is 0 Å². The van der Waals surface area contributed by atoms with E-state index in [0.717, 1.165) is 42.7 Å². The van der Waals surface area contributed by atoms with E-state index in [2.05, 4.69) is 15.5 Å². The summed E-state index contributed by atoms with van der Waals surface area (Å²) < 4.78 is 34.7. The van der Waals surface area contributed by atoms with Crippen LogP contribution in [-0.2, 0) is 16.1 Å². The van der Waals surface area contributed by atoms with Gasteiger partial charge in [0.05, 0.1) is 13.7 Å². The van der Waals surface area contributed by atoms with Gasteiger partial charge in [-0.15, -0.1) is 0 Å². The van der Waals surface area contributed by atoms with E-state index in [9.17, 15) is 23.2 Å². The number of urea groups is 1. The molecule has 9 nitrogen and oxygen atoms in total. The van der Waals surface area contributed by atoms with Crippen molar-refractivity contribution in [1.82, 2.24) is 20.7 Å². The molecule has 0 bridgehead atoms. The Kier molecular flexibility index (Phi) is 6.68. The highest BCUT2D eigenvalue weighted by Gasteiger charge is 2.52. The SMILES string of the molecule is COc1cc(CN(CC(=O)NN2C(=O)NC3(CCCCC3)C2=O)C2CC2)ccc1OC(F)F. The van der Waals surface area contributed by atoms with Crippen LogP contribution in [0.4, 0.5) is 13.6 Å². The molecule has 2 N–H and O–H groups in total. The minimum atomic E-state index is -2.96. The largest absolute Gasteiger partial charge is 0.493 e. The van der Waals surface area contributed by atoms with Crippen LogP contribution in [0.5, 0.6) is 11.5 Å². The number of nitrogens with zero attached hydrogens (tertiary/aromatic N) is 2. The molecule has 4 rings (SSSR count). The quantitative estimate of drug-likeness (QED) is 0.543. The number of hydrogen-bond donors (Lipinski definition) is 2. The van der Waals surface area contributed by atoms with Crippen molar-refractivity contribution in [3.05, 3.63) is 23.8 Å². The predicted molar refractivity (Wildman–Crippen MR) is 112 cm³/mol. The molecule has 0 aromatic heterocycles. The molecule has 1 spiro atoms. The number of imide groups is 1. The van der Waals surface area contributed by atoms with Crippen molar-refractivity contribution < 1.29 is 32.6 Å². The Morgan fingerprint density at radius 3 is 2.61 bits per heavy atom. The molecule has 1 heterocycles. The summed E-state index contributed by atoms with van der Waals surface area (Å²) in [4.78, 5) is 39.9. The van der Waals surface area contributed by atoms with Crippen LogP contribution in [-0.4, -0.2) is 59.6 Å². The lowest BCUT2D eigenvalue weighted by atomic mass is 9.82. The highest BCUT2D eigenvalue weighted by molar-refractivity contribution is 6.08. The summed E-state index contributed by atoms with van der Waals surface area (Å²) in [5, 5.41) is 3.57. The lowest BCUT2D eigenvalue weighted by Gasteiger charge is -2.30. The lowest BCUT2D eigenvalue weighted by molar-refractivity contribution is -0.140. The first kappa shape index (κ1) is 23.2. The number of hydrazine groups is 1. The van der Waals surface area contributed by atoms with Crippen LogP contribution in [0, 0.1) is 0 Å². The van der Waals surface area contributed by atoms with Gasteiger partial charge in [-0.1, -0.05) is 25.3 Å². The van der Waals surface area contributed by atoms with Crippen LogP contribution in [0.2, 0.25) is 0 Å². The van der Waals surface area contributed by atoms with Gasteiger partial charge in [0.15, 0.2) is 11.5 Å². The van der Waals surface area contributed by atoms with Crippen LogP contribution in [0.15, 0.2) is 18.2 Å². The molecule has 2 aliphatic carbocycles. The number of carbonyl (C=O) groups is 3. The summed E-state index contributed by atoms with van der Waals surface area (Å²) in [6, 6.07) is 4.22. The molecule has 0 radical (unpaired) electrons. The van der Waals surface area contributed by atoms with Crippen molar-refractivity contribution in [3.8, 4) is 11.5 Å². The lowest BCUT2D eigenvalue weighted by Crippen LogP contribution is -2.52. The van der Waals surface area contributed by atoms with Gasteiger partial charge in [-0.05, 0) is 43.4 Å². The van der Waals surface area contributed by atoms with Crippen molar-refractivity contribution >= 4 is 17.8 Å². The molecular weight excluding hydrogens is 438 g/mol. The highest BCUT2D eigenvalue weighted by Crippen LogP contribution is 2.34. The summed E-state index contributed by atoms with van der Waals surface area (Å²) in [7, 11) is 1.36. The fourth-order valence-electron chi connectivity index (χ4n) is 4.55. The number of amides is 4. The summed E-state index contributed by atoms with van der Waals surface area (Å²) in [6.07, 6.45) is 5.72. The summed E-state index contributed by atoms with van der Waals surface area (Å²) in [5.41, 5.74) is 2.31. The van der Waals surface area contributed by atoms with Gasteiger partial charge in [0.1, 0.15) is 5.54 Å². The maximum Gasteiger partial charge on any atom is 0.387 e. The number of hydrogen-bond acceptors (Lipinski definition) is 6. The van der Waals surface area contributed by atoms with E-state index in [1.165, 1.54) is 13.2 Å². The van der Waals surface area contributed by atoms with Gasteiger partial charge in [0.2, 0.25) is 0 Å². The van der Waals surface area contributed by atoms with E-state index in [0.29, 0.717) is 19.4 Å². The molecule has 0 atom stereocenters. The number of nitrogens with one attached hydrogen (secondary N) is 2. The summed E-state index contributed by atoms with van der Waals surface area (Å²) in [5.74, 6) is -0.770. The van der Waals surface area contributed by atoms with Crippen LogP contribution < -0.4 is 20.2 Å². The maximum atomic E-state index is 12.9. The second-order valence-electron chi connectivity index (χ2n) is 8.75. The standard InChI is InChI=1S/C22H28F2N4O5/c1-32-17-11-14(5-8-16(17)33-20(23)24)12-27(15-6-7-15)13-18(29)26-28-19(30)22(25-21(28)31)9-3-2-4-10-22/h5,8,11,15,20H,2-4,6-7,9-10,12-13H2,1H3,(H,25,31)(H,26,29). The van der Waals surface area contributed by atoms with Crippen molar-refractivity contribution in [2.45, 2.75) is 69.7 Å². The Bertz CT molecular complexity index is 918. The molecule has 3 aliphatic rings. The Hall–Kier alpha value is -2.95. The Morgan fingerprint density at radius 1 is 1.24 bits per heavy atom. The second kappa shape index (κ2) is 9.50. The number of alkyl halides is 2. The third kappa shape index (κ3) is 5.18. The third-order valence-electron chi connectivity index (χ3n) is 6.35. The highest BCUT2D eigenvalue weighted by atomic mass is 19.3. The molecular formula is C22H28F2N4O5. The van der Waals surface area contributed by atoms with Gasteiger partial charge in [-0.25, -0.2) is 4.79 Å². The van der Waals surface area contributed by atoms with Gasteiger partial charge in [0, 0.05) is 12.6 Å². The Balaban J connectivity index is 1.39. The molecule has 33 heavy (non-hydrogen) atoms. The Labute approximate surface area is 190 Å². The van der Waals surface area contributed by atoms with Crippen molar-refractivity contribution in [2.24, 2.45) is 0 Å². The summed E-state index contributed by atoms with van der Waals surface area (Å²) in [6.45, 7) is -2.62. The van der Waals surface area contributed by atoms with Crippen molar-refractivity contribution in [2.75, 3.05) is 13.7 Å². The third-order valence-corrected chi connectivity index (χ3v) is 6.35. The number of rotatable bonds is 9. The van der Waals surface area contributed by atoms with Gasteiger partial charge < -0.3 is 14.8 Å². The van der Waals surface area contributed by atoms with E-state index in [1.807, 2.05) is 4.90 Å². The van der Waals surface area contributed by atoms with E-state index in [4.69, 9.17) is 4.74 Å². The van der Waals surface area contributed by atoms with E-state index < -0.39 is 30.0 Å². The predicted octanol–water partition coefficient (Wildman–Crippen LogP) is 2.55. The molecule has 1 aromatic carbocycles. The zero-order valence-corrected chi connectivity index (χ0v) is 18.4. The molecule has 3 fully saturated rings. The zero-order chi connectivity index (χ0) is 23.6. The van der Waals surface area contributed by atoms with Gasteiger partial charge in [-0.2, -0.15) is 13.8 Å². The number of ether oxygens (including phenoxy) is 2. The minimum absolute atomic E-state index is 0.0215. The van der Waals surface area contributed by atoms with Crippen LogP contribution in [0.25, 0.3) is 0 Å².